The number of hydrogen-bond acceptors (Lipinski definition) is 5. The van der Waals surface area contributed by atoms with Crippen molar-refractivity contribution in [1.29, 1.82) is 0 Å². The summed E-state index contributed by atoms with van der Waals surface area (Å²) < 4.78 is 27.5. The van der Waals surface area contributed by atoms with Crippen LogP contribution in [0.25, 0.3) is 0 Å². The van der Waals surface area contributed by atoms with Crippen molar-refractivity contribution >= 4 is 15.9 Å². The summed E-state index contributed by atoms with van der Waals surface area (Å²) in [6.07, 6.45) is 8.76. The first kappa shape index (κ1) is 19.5. The number of rotatable bonds is 8. The molecule has 2 aliphatic rings. The van der Waals surface area contributed by atoms with Gasteiger partial charge in [0.25, 0.3) is 0 Å². The first-order valence-corrected chi connectivity index (χ1v) is 10.7. The Morgan fingerprint density at radius 2 is 1.89 bits per heavy atom. The van der Waals surface area contributed by atoms with E-state index in [1.54, 1.807) is 35.2 Å². The van der Waals surface area contributed by atoms with E-state index in [9.17, 15) is 13.2 Å². The van der Waals surface area contributed by atoms with E-state index in [-0.39, 0.29) is 16.8 Å². The van der Waals surface area contributed by atoms with Crippen LogP contribution in [0.2, 0.25) is 0 Å². The highest BCUT2D eigenvalue weighted by Crippen LogP contribution is 2.37. The third-order valence-electron chi connectivity index (χ3n) is 5.01. The zero-order valence-electron chi connectivity index (χ0n) is 15.2. The molecule has 0 unspecified atom stereocenters. The molecule has 0 atom stereocenters. The number of nitrogens with one attached hydrogen (secondary N) is 1. The summed E-state index contributed by atoms with van der Waals surface area (Å²) >= 11 is 0. The highest BCUT2D eigenvalue weighted by molar-refractivity contribution is 7.89. The zero-order chi connectivity index (χ0) is 19.3. The Kier molecular flexibility index (Phi) is 5.92. The molecule has 1 fully saturated rings. The van der Waals surface area contributed by atoms with Gasteiger partial charge in [0, 0.05) is 44.8 Å². The third kappa shape index (κ3) is 5.15. The molecule has 2 heterocycles. The first-order chi connectivity index (χ1) is 12.9. The van der Waals surface area contributed by atoms with Crippen LogP contribution in [-0.2, 0) is 14.8 Å². The van der Waals surface area contributed by atoms with Crippen LogP contribution in [0, 0.1) is 12.3 Å². The fraction of sp³-hybridized carbons (Fsp3) is 0.526. The smallest absolute Gasteiger partial charge is 0.240 e. The number of nitrogens with zero attached hydrogens (tertiary/aromatic N) is 3. The van der Waals surface area contributed by atoms with Crippen LogP contribution in [0.15, 0.2) is 45.5 Å². The van der Waals surface area contributed by atoms with Crippen LogP contribution < -0.4 is 4.72 Å². The fourth-order valence-corrected chi connectivity index (χ4v) is 4.59. The van der Waals surface area contributed by atoms with E-state index in [4.69, 9.17) is 6.42 Å². The lowest BCUT2D eigenvalue weighted by molar-refractivity contribution is -0.132. The molecule has 27 heavy (non-hydrogen) atoms. The summed E-state index contributed by atoms with van der Waals surface area (Å²) in [6, 6.07) is 8.17. The lowest BCUT2D eigenvalue weighted by Crippen LogP contribution is -2.46. The van der Waals surface area contributed by atoms with Gasteiger partial charge in [-0.2, -0.15) is 10.2 Å². The number of amides is 1. The van der Waals surface area contributed by atoms with E-state index in [0.717, 1.165) is 0 Å². The molecule has 0 aromatic heterocycles. The highest BCUT2D eigenvalue weighted by Gasteiger charge is 2.39. The maximum atomic E-state index is 12.4. The molecule has 8 heteroatoms. The fourth-order valence-electron chi connectivity index (χ4n) is 3.27. The molecule has 1 N–H and O–H groups in total. The van der Waals surface area contributed by atoms with E-state index < -0.39 is 15.7 Å². The Hall–Kier alpha value is -2.24. The molecule has 1 aromatic rings. The largest absolute Gasteiger partial charge is 0.343 e. The van der Waals surface area contributed by atoms with Gasteiger partial charge in [0.1, 0.15) is 0 Å². The maximum Gasteiger partial charge on any atom is 0.240 e. The minimum absolute atomic E-state index is 0.0664. The van der Waals surface area contributed by atoms with Gasteiger partial charge < -0.3 is 4.90 Å². The molecule has 0 radical (unpaired) electrons. The quantitative estimate of drug-likeness (QED) is 0.693. The molecule has 144 valence electrons. The SMILES string of the molecule is C#CCCC1(CCC(=O)N2CCC(NS(=O)(=O)c3ccccc3)CC2)N=N1. The average Bonchev–Trinajstić information content (AvgIpc) is 3.46. The van der Waals surface area contributed by atoms with Gasteiger partial charge in [0.15, 0.2) is 5.66 Å². The molecule has 1 saturated heterocycles. The van der Waals surface area contributed by atoms with Crippen LogP contribution in [0.4, 0.5) is 0 Å². The van der Waals surface area contributed by atoms with Gasteiger partial charge in [-0.3, -0.25) is 4.79 Å². The summed E-state index contributed by atoms with van der Waals surface area (Å²) in [4.78, 5) is 14.5. The molecule has 1 aromatic carbocycles. The number of piperidine rings is 1. The normalized spacial score (nSPS) is 18.9. The molecular weight excluding hydrogens is 364 g/mol. The van der Waals surface area contributed by atoms with Crippen LogP contribution >= 0.6 is 0 Å². The molecule has 1 amide bonds. The van der Waals surface area contributed by atoms with Crippen LogP contribution in [0.1, 0.15) is 38.5 Å². The predicted octanol–water partition coefficient (Wildman–Crippen LogP) is 2.31. The standard InChI is InChI=1S/C19H24N4O3S/c1-2-3-12-19(21-22-19)13-9-18(24)23-14-10-16(11-15-23)20-27(25,26)17-7-5-4-6-8-17/h1,4-8,16,20H,3,9-15H2. The summed E-state index contributed by atoms with van der Waals surface area (Å²) in [6.45, 7) is 1.10. The van der Waals surface area contributed by atoms with Gasteiger partial charge in [-0.05, 0) is 25.0 Å². The van der Waals surface area contributed by atoms with Gasteiger partial charge in [-0.1, -0.05) is 18.2 Å². The molecule has 0 bridgehead atoms. The van der Waals surface area contributed by atoms with Crippen LogP contribution in [0.3, 0.4) is 0 Å². The van der Waals surface area contributed by atoms with E-state index in [1.807, 2.05) is 0 Å². The highest BCUT2D eigenvalue weighted by atomic mass is 32.2. The minimum atomic E-state index is -3.52. The van der Waals surface area contributed by atoms with Crippen molar-refractivity contribution < 1.29 is 13.2 Å². The van der Waals surface area contributed by atoms with E-state index in [1.165, 1.54) is 0 Å². The molecule has 0 aliphatic carbocycles. The number of likely N-dealkylation sites (tertiary alicyclic amines) is 1. The maximum absolute atomic E-state index is 12.4. The molecule has 3 rings (SSSR count). The Morgan fingerprint density at radius 3 is 2.48 bits per heavy atom. The van der Waals surface area contributed by atoms with Gasteiger partial charge in [-0.25, -0.2) is 13.1 Å². The van der Waals surface area contributed by atoms with E-state index in [0.29, 0.717) is 51.6 Å². The Morgan fingerprint density at radius 1 is 1.22 bits per heavy atom. The number of carbonyl (C=O) groups excluding carboxylic acids is 1. The van der Waals surface area contributed by atoms with E-state index in [2.05, 4.69) is 20.9 Å². The Bertz CT molecular complexity index is 831. The summed E-state index contributed by atoms with van der Waals surface area (Å²) in [5, 5.41) is 8.10. The third-order valence-corrected chi connectivity index (χ3v) is 6.55. The van der Waals surface area contributed by atoms with E-state index >= 15 is 0 Å². The van der Waals surface area contributed by atoms with Crippen molar-refractivity contribution in [2.24, 2.45) is 10.2 Å². The van der Waals surface area contributed by atoms with Crippen molar-refractivity contribution in [2.45, 2.75) is 55.1 Å². The number of terminal acetylenes is 1. The topological polar surface area (TPSA) is 91.2 Å². The Balaban J connectivity index is 1.44. The number of benzene rings is 1. The Labute approximate surface area is 160 Å². The van der Waals surface area contributed by atoms with Crippen molar-refractivity contribution in [3.8, 4) is 12.3 Å². The van der Waals surface area contributed by atoms with Gasteiger partial charge in [-0.15, -0.1) is 12.3 Å². The van der Waals surface area contributed by atoms with Crippen molar-refractivity contribution in [1.82, 2.24) is 9.62 Å². The first-order valence-electron chi connectivity index (χ1n) is 9.17. The zero-order valence-corrected chi connectivity index (χ0v) is 16.0. The van der Waals surface area contributed by atoms with Crippen molar-refractivity contribution in [3.05, 3.63) is 30.3 Å². The average molecular weight is 388 g/mol. The molecule has 0 spiro atoms. The lowest BCUT2D eigenvalue weighted by atomic mass is 10.0. The van der Waals surface area contributed by atoms with Crippen LogP contribution in [-0.4, -0.2) is 44.0 Å². The second-order valence-corrected chi connectivity index (χ2v) is 8.69. The second-order valence-electron chi connectivity index (χ2n) is 6.98. The minimum Gasteiger partial charge on any atom is -0.343 e. The number of carbonyl (C=O) groups is 1. The second kappa shape index (κ2) is 8.19. The summed E-state index contributed by atoms with van der Waals surface area (Å²) in [7, 11) is -3.52. The lowest BCUT2D eigenvalue weighted by Gasteiger charge is -2.32. The van der Waals surface area contributed by atoms with Gasteiger partial charge in [0.05, 0.1) is 4.90 Å². The van der Waals surface area contributed by atoms with Crippen LogP contribution in [0.5, 0.6) is 0 Å². The summed E-state index contributed by atoms with van der Waals surface area (Å²) in [5.74, 6) is 2.65. The van der Waals surface area contributed by atoms with Gasteiger partial charge in [0.2, 0.25) is 15.9 Å². The van der Waals surface area contributed by atoms with Crippen molar-refractivity contribution in [2.75, 3.05) is 13.1 Å². The molecule has 2 aliphatic heterocycles. The molecular formula is C19H24N4O3S. The predicted molar refractivity (Wildman–Crippen MR) is 101 cm³/mol. The van der Waals surface area contributed by atoms with Gasteiger partial charge >= 0.3 is 0 Å². The number of sulfonamides is 1. The summed E-state index contributed by atoms with van der Waals surface area (Å²) in [5.41, 5.74) is -0.439. The monoisotopic (exact) mass is 388 g/mol. The van der Waals surface area contributed by atoms with Crippen molar-refractivity contribution in [3.63, 3.8) is 0 Å². The number of hydrogen-bond donors (Lipinski definition) is 1. The molecule has 7 nitrogen and oxygen atoms in total. The molecule has 0 saturated carbocycles.